The number of nitrogens with zero attached hydrogens (tertiary/aromatic N) is 1. The molecule has 2 aliphatic rings. The number of fused-ring (bicyclic) bond motifs is 1. The SMILES string of the molecule is CC1(C)CC(=O)C2=C(C1)Nc1ccccc1N(CC(=O)NCc1ccccc1Cl)C2c1ccc(Cl)cc1. The summed E-state index contributed by atoms with van der Waals surface area (Å²) in [6, 6.07) is 22.4. The molecule has 1 aliphatic heterocycles. The second kappa shape index (κ2) is 10.2. The van der Waals surface area contributed by atoms with Gasteiger partial charge < -0.3 is 15.5 Å². The quantitative estimate of drug-likeness (QED) is 0.373. The van der Waals surface area contributed by atoms with Crippen LogP contribution in [0.2, 0.25) is 10.0 Å². The van der Waals surface area contributed by atoms with Crippen LogP contribution in [0.4, 0.5) is 11.4 Å². The molecule has 1 atom stereocenters. The van der Waals surface area contributed by atoms with Gasteiger partial charge >= 0.3 is 0 Å². The van der Waals surface area contributed by atoms with Crippen molar-refractivity contribution in [3.8, 4) is 0 Å². The summed E-state index contributed by atoms with van der Waals surface area (Å²) >= 11 is 12.5. The van der Waals surface area contributed by atoms with E-state index in [4.69, 9.17) is 23.2 Å². The van der Waals surface area contributed by atoms with Crippen LogP contribution in [0.25, 0.3) is 0 Å². The van der Waals surface area contributed by atoms with Crippen molar-refractivity contribution in [2.24, 2.45) is 5.41 Å². The van der Waals surface area contributed by atoms with Crippen LogP contribution in [-0.2, 0) is 16.1 Å². The molecule has 190 valence electrons. The Bertz CT molecular complexity index is 1380. The Hall–Kier alpha value is -3.28. The minimum Gasteiger partial charge on any atom is -0.357 e. The lowest BCUT2D eigenvalue weighted by Gasteiger charge is -2.37. The Balaban J connectivity index is 1.57. The molecule has 5 rings (SSSR count). The standard InChI is InChI=1S/C30H29Cl2N3O2/c1-30(2)15-24-28(26(36)16-30)29(19-11-13-21(31)14-12-19)35(25-10-6-5-9-23(25)34-24)18-27(37)33-17-20-7-3-4-8-22(20)32/h3-14,29,34H,15-18H2,1-2H3,(H,33,37). The van der Waals surface area contributed by atoms with Crippen molar-refractivity contribution in [3.63, 3.8) is 0 Å². The highest BCUT2D eigenvalue weighted by atomic mass is 35.5. The zero-order valence-corrected chi connectivity index (χ0v) is 22.4. The van der Waals surface area contributed by atoms with Gasteiger partial charge in [0, 0.05) is 34.3 Å². The molecule has 0 radical (unpaired) electrons. The van der Waals surface area contributed by atoms with Crippen LogP contribution in [0, 0.1) is 5.41 Å². The molecule has 3 aromatic rings. The molecule has 1 aliphatic carbocycles. The molecule has 2 N–H and O–H groups in total. The van der Waals surface area contributed by atoms with Gasteiger partial charge in [0.05, 0.1) is 24.0 Å². The summed E-state index contributed by atoms with van der Waals surface area (Å²) in [5.74, 6) is -0.0747. The Morgan fingerprint density at radius 1 is 1.00 bits per heavy atom. The molecule has 1 amide bonds. The fraction of sp³-hybridized carbons (Fsp3) is 0.267. The number of ketones is 1. The van der Waals surface area contributed by atoms with E-state index in [9.17, 15) is 9.59 Å². The Morgan fingerprint density at radius 3 is 2.46 bits per heavy atom. The van der Waals surface area contributed by atoms with Crippen LogP contribution in [-0.4, -0.2) is 18.2 Å². The second-order valence-electron chi connectivity index (χ2n) is 10.4. The fourth-order valence-corrected chi connectivity index (χ4v) is 5.59. The van der Waals surface area contributed by atoms with Gasteiger partial charge in [-0.2, -0.15) is 0 Å². The van der Waals surface area contributed by atoms with Crippen LogP contribution in [0.3, 0.4) is 0 Å². The van der Waals surface area contributed by atoms with Crippen molar-refractivity contribution < 1.29 is 9.59 Å². The van der Waals surface area contributed by atoms with Crippen molar-refractivity contribution in [1.29, 1.82) is 0 Å². The van der Waals surface area contributed by atoms with Crippen molar-refractivity contribution >= 4 is 46.3 Å². The molecule has 5 nitrogen and oxygen atoms in total. The Labute approximate surface area is 227 Å². The summed E-state index contributed by atoms with van der Waals surface area (Å²) < 4.78 is 0. The van der Waals surface area contributed by atoms with E-state index in [2.05, 4.69) is 24.5 Å². The van der Waals surface area contributed by atoms with E-state index in [-0.39, 0.29) is 23.7 Å². The molecule has 0 bridgehead atoms. The van der Waals surface area contributed by atoms with Crippen molar-refractivity contribution in [3.05, 3.63) is 105 Å². The van der Waals surface area contributed by atoms with Crippen LogP contribution < -0.4 is 15.5 Å². The third-order valence-corrected chi connectivity index (χ3v) is 7.56. The number of anilines is 2. The van der Waals surface area contributed by atoms with Gasteiger partial charge in [-0.25, -0.2) is 0 Å². The highest BCUT2D eigenvalue weighted by molar-refractivity contribution is 6.31. The molecule has 0 fully saturated rings. The first-order chi connectivity index (χ1) is 17.7. The topological polar surface area (TPSA) is 61.4 Å². The van der Waals surface area contributed by atoms with E-state index >= 15 is 0 Å². The number of allylic oxidation sites excluding steroid dienone is 1. The number of rotatable bonds is 5. The zero-order valence-electron chi connectivity index (χ0n) is 20.9. The summed E-state index contributed by atoms with van der Waals surface area (Å²) in [5, 5.41) is 7.80. The summed E-state index contributed by atoms with van der Waals surface area (Å²) in [6.07, 6.45) is 1.18. The van der Waals surface area contributed by atoms with Gasteiger partial charge in [0.25, 0.3) is 0 Å². The second-order valence-corrected chi connectivity index (χ2v) is 11.3. The largest absolute Gasteiger partial charge is 0.357 e. The average Bonchev–Trinajstić information content (AvgIpc) is 2.98. The van der Waals surface area contributed by atoms with Gasteiger partial charge in [-0.1, -0.05) is 79.5 Å². The van der Waals surface area contributed by atoms with Gasteiger partial charge in [-0.05, 0) is 53.3 Å². The van der Waals surface area contributed by atoms with Crippen molar-refractivity contribution in [2.45, 2.75) is 39.3 Å². The lowest BCUT2D eigenvalue weighted by molar-refractivity contribution is -0.120. The maximum absolute atomic E-state index is 13.7. The van der Waals surface area contributed by atoms with Crippen LogP contribution in [0.5, 0.6) is 0 Å². The lowest BCUT2D eigenvalue weighted by atomic mass is 9.73. The third kappa shape index (κ3) is 5.39. The molecule has 1 unspecified atom stereocenters. The molecule has 0 spiro atoms. The predicted molar refractivity (Wildman–Crippen MR) is 150 cm³/mol. The highest BCUT2D eigenvalue weighted by Gasteiger charge is 2.41. The van der Waals surface area contributed by atoms with E-state index in [1.807, 2.05) is 71.6 Å². The smallest absolute Gasteiger partial charge is 0.239 e. The molecular weight excluding hydrogens is 505 g/mol. The maximum Gasteiger partial charge on any atom is 0.239 e. The van der Waals surface area contributed by atoms with E-state index < -0.39 is 6.04 Å². The summed E-state index contributed by atoms with van der Waals surface area (Å²) in [7, 11) is 0. The molecular formula is C30H29Cl2N3O2. The number of carbonyl (C=O) groups is 2. The molecule has 0 aromatic heterocycles. The third-order valence-electron chi connectivity index (χ3n) is 6.94. The Kier molecular flexibility index (Phi) is 7.02. The molecule has 7 heteroatoms. The molecule has 37 heavy (non-hydrogen) atoms. The first-order valence-electron chi connectivity index (χ1n) is 12.4. The Morgan fingerprint density at radius 2 is 1.70 bits per heavy atom. The monoisotopic (exact) mass is 533 g/mol. The van der Waals surface area contributed by atoms with Crippen LogP contribution in [0.15, 0.2) is 84.1 Å². The van der Waals surface area contributed by atoms with Gasteiger partial charge in [0.15, 0.2) is 5.78 Å². The average molecular weight is 534 g/mol. The summed E-state index contributed by atoms with van der Waals surface area (Å²) in [6.45, 7) is 4.61. The van der Waals surface area contributed by atoms with Gasteiger partial charge in [-0.15, -0.1) is 0 Å². The van der Waals surface area contributed by atoms with Gasteiger partial charge in [0.2, 0.25) is 5.91 Å². The van der Waals surface area contributed by atoms with Crippen molar-refractivity contribution in [1.82, 2.24) is 5.32 Å². The lowest BCUT2D eigenvalue weighted by Crippen LogP contribution is -2.41. The summed E-state index contributed by atoms with van der Waals surface area (Å²) in [5.41, 5.74) is 4.93. The van der Waals surface area contributed by atoms with Crippen LogP contribution >= 0.6 is 23.2 Å². The van der Waals surface area contributed by atoms with Gasteiger partial charge in [-0.3, -0.25) is 9.59 Å². The molecule has 1 heterocycles. The molecule has 0 saturated heterocycles. The normalized spacial score (nSPS) is 18.4. The zero-order chi connectivity index (χ0) is 26.2. The molecule has 3 aromatic carbocycles. The van der Waals surface area contributed by atoms with Crippen LogP contribution in [0.1, 0.15) is 43.9 Å². The fourth-order valence-electron chi connectivity index (χ4n) is 5.27. The number of benzene rings is 3. The number of para-hydroxylation sites is 2. The number of hydrogen-bond donors (Lipinski definition) is 2. The number of hydrogen-bond acceptors (Lipinski definition) is 4. The minimum absolute atomic E-state index is 0.0594. The van der Waals surface area contributed by atoms with Crippen molar-refractivity contribution in [2.75, 3.05) is 16.8 Å². The van der Waals surface area contributed by atoms with E-state index in [0.29, 0.717) is 28.6 Å². The van der Waals surface area contributed by atoms with E-state index in [0.717, 1.165) is 34.6 Å². The maximum atomic E-state index is 13.7. The van der Waals surface area contributed by atoms with E-state index in [1.165, 1.54) is 0 Å². The summed E-state index contributed by atoms with van der Waals surface area (Å²) in [4.78, 5) is 29.1. The number of halogens is 2. The first-order valence-corrected chi connectivity index (χ1v) is 13.1. The number of carbonyl (C=O) groups excluding carboxylic acids is 2. The van der Waals surface area contributed by atoms with Gasteiger partial charge in [0.1, 0.15) is 0 Å². The van der Waals surface area contributed by atoms with E-state index in [1.54, 1.807) is 6.07 Å². The first kappa shape index (κ1) is 25.4. The number of nitrogens with one attached hydrogen (secondary N) is 2. The highest BCUT2D eigenvalue weighted by Crippen LogP contribution is 2.48. The minimum atomic E-state index is -0.446. The predicted octanol–water partition coefficient (Wildman–Crippen LogP) is 6.93. The number of Topliss-reactive ketones (excluding diaryl/α,β-unsaturated/α-hetero) is 1. The molecule has 0 saturated carbocycles. The number of amides is 1.